The zero-order valence-electron chi connectivity index (χ0n) is 14.0. The first-order valence-electron chi connectivity index (χ1n) is 8.04. The SMILES string of the molecule is NC(=O)c1c(NC(=S)NC(=O)C=Cc2ccc(Cl)cc2Cl)sc2c1CCC2. The zero-order valence-corrected chi connectivity index (χ0v) is 17.1. The molecular formula is C18H15Cl2N3O2S2. The minimum atomic E-state index is -0.497. The summed E-state index contributed by atoms with van der Waals surface area (Å²) in [6.45, 7) is 0. The van der Waals surface area contributed by atoms with E-state index in [1.54, 1.807) is 24.3 Å². The first kappa shape index (κ1) is 19.8. The van der Waals surface area contributed by atoms with Gasteiger partial charge in [0.15, 0.2) is 5.11 Å². The van der Waals surface area contributed by atoms with E-state index >= 15 is 0 Å². The highest BCUT2D eigenvalue weighted by Crippen LogP contribution is 2.38. The molecular weight excluding hydrogens is 425 g/mol. The molecule has 4 N–H and O–H groups in total. The second kappa shape index (κ2) is 8.39. The minimum Gasteiger partial charge on any atom is -0.365 e. The molecule has 0 atom stereocenters. The summed E-state index contributed by atoms with van der Waals surface area (Å²) in [5, 5.41) is 7.06. The fourth-order valence-electron chi connectivity index (χ4n) is 2.84. The van der Waals surface area contributed by atoms with Crippen molar-refractivity contribution in [3.63, 3.8) is 0 Å². The summed E-state index contributed by atoms with van der Waals surface area (Å²) in [5.74, 6) is -0.924. The molecule has 0 spiro atoms. The predicted octanol–water partition coefficient (Wildman–Crippen LogP) is 4.17. The number of carbonyl (C=O) groups excluding carboxylic acids is 2. The Morgan fingerprint density at radius 3 is 2.74 bits per heavy atom. The van der Waals surface area contributed by atoms with Crippen LogP contribution in [0, 0.1) is 0 Å². The lowest BCUT2D eigenvalue weighted by Gasteiger charge is -2.08. The van der Waals surface area contributed by atoms with Crippen molar-refractivity contribution in [1.82, 2.24) is 5.32 Å². The van der Waals surface area contributed by atoms with E-state index in [1.165, 1.54) is 17.4 Å². The van der Waals surface area contributed by atoms with Gasteiger partial charge in [-0.25, -0.2) is 0 Å². The van der Waals surface area contributed by atoms with Crippen LogP contribution in [-0.4, -0.2) is 16.9 Å². The van der Waals surface area contributed by atoms with Crippen LogP contribution in [0.3, 0.4) is 0 Å². The Kier molecular flexibility index (Phi) is 6.16. The van der Waals surface area contributed by atoms with Crippen LogP contribution in [0.25, 0.3) is 6.08 Å². The first-order chi connectivity index (χ1) is 12.8. The highest BCUT2D eigenvalue weighted by Gasteiger charge is 2.25. The maximum Gasteiger partial charge on any atom is 0.251 e. The van der Waals surface area contributed by atoms with Gasteiger partial charge in [-0.3, -0.25) is 14.9 Å². The summed E-state index contributed by atoms with van der Waals surface area (Å²) in [6.07, 6.45) is 5.64. The number of anilines is 1. The van der Waals surface area contributed by atoms with Gasteiger partial charge < -0.3 is 11.1 Å². The second-order valence-electron chi connectivity index (χ2n) is 5.87. The Hall–Kier alpha value is -1.93. The topological polar surface area (TPSA) is 84.2 Å². The van der Waals surface area contributed by atoms with Crippen LogP contribution in [0.5, 0.6) is 0 Å². The highest BCUT2D eigenvalue weighted by molar-refractivity contribution is 7.80. The molecule has 0 aliphatic heterocycles. The standard InChI is InChI=1S/C18H15Cl2N3O2S2/c19-10-6-4-9(12(20)8-10)5-7-14(24)22-18(26)23-17-15(16(21)25)11-2-1-3-13(11)27-17/h4-8H,1-3H2,(H2,21,25)(H2,22,23,24,26). The smallest absolute Gasteiger partial charge is 0.251 e. The number of primary amides is 1. The number of nitrogens with one attached hydrogen (secondary N) is 2. The van der Waals surface area contributed by atoms with Crippen LogP contribution in [0.1, 0.15) is 32.8 Å². The van der Waals surface area contributed by atoms with Crippen LogP contribution in [-0.2, 0) is 17.6 Å². The Balaban J connectivity index is 1.65. The lowest BCUT2D eigenvalue weighted by atomic mass is 10.1. The van der Waals surface area contributed by atoms with Gasteiger partial charge in [0.2, 0.25) is 5.91 Å². The van der Waals surface area contributed by atoms with Gasteiger partial charge in [0.25, 0.3) is 5.91 Å². The van der Waals surface area contributed by atoms with Crippen molar-refractivity contribution in [2.24, 2.45) is 5.73 Å². The lowest BCUT2D eigenvalue weighted by Crippen LogP contribution is -2.33. The van der Waals surface area contributed by atoms with Crippen molar-refractivity contribution in [1.29, 1.82) is 0 Å². The number of hydrogen-bond donors (Lipinski definition) is 3. The van der Waals surface area contributed by atoms with Crippen LogP contribution in [0.2, 0.25) is 10.0 Å². The van der Waals surface area contributed by atoms with Gasteiger partial charge >= 0.3 is 0 Å². The molecule has 9 heteroatoms. The van der Waals surface area contributed by atoms with E-state index in [0.29, 0.717) is 26.2 Å². The number of nitrogens with two attached hydrogens (primary N) is 1. The van der Waals surface area contributed by atoms with Crippen LogP contribution >= 0.6 is 46.8 Å². The zero-order chi connectivity index (χ0) is 19.6. The van der Waals surface area contributed by atoms with E-state index in [1.807, 2.05) is 0 Å². The van der Waals surface area contributed by atoms with Crippen molar-refractivity contribution in [2.75, 3.05) is 5.32 Å². The predicted molar refractivity (Wildman–Crippen MR) is 115 cm³/mol. The number of amides is 2. The van der Waals surface area contributed by atoms with Crippen LogP contribution < -0.4 is 16.4 Å². The summed E-state index contributed by atoms with van der Waals surface area (Å²) in [5.41, 5.74) is 7.62. The van der Waals surface area contributed by atoms with Gasteiger partial charge in [-0.05, 0) is 60.8 Å². The molecule has 0 unspecified atom stereocenters. The van der Waals surface area contributed by atoms with Crippen molar-refractivity contribution in [2.45, 2.75) is 19.3 Å². The monoisotopic (exact) mass is 439 g/mol. The number of fused-ring (bicyclic) bond motifs is 1. The van der Waals surface area contributed by atoms with E-state index < -0.39 is 11.8 Å². The third-order valence-corrected chi connectivity index (χ3v) is 5.98. The number of aryl methyl sites for hydroxylation is 1. The molecule has 0 radical (unpaired) electrons. The number of halogens is 2. The maximum absolute atomic E-state index is 12.1. The van der Waals surface area contributed by atoms with Gasteiger partial charge in [0.05, 0.1) is 5.56 Å². The number of benzene rings is 1. The van der Waals surface area contributed by atoms with Crippen molar-refractivity contribution < 1.29 is 9.59 Å². The summed E-state index contributed by atoms with van der Waals surface area (Å²) < 4.78 is 0. The Morgan fingerprint density at radius 1 is 1.26 bits per heavy atom. The number of thiophene rings is 1. The average Bonchev–Trinajstić information content (AvgIpc) is 3.13. The second-order valence-corrected chi connectivity index (χ2v) is 8.23. The average molecular weight is 440 g/mol. The van der Waals surface area contributed by atoms with E-state index in [-0.39, 0.29) is 5.11 Å². The number of hydrogen-bond acceptors (Lipinski definition) is 4. The number of rotatable bonds is 4. The minimum absolute atomic E-state index is 0.0919. The molecule has 1 aliphatic rings. The third-order valence-electron chi connectivity index (χ3n) is 4.01. The summed E-state index contributed by atoms with van der Waals surface area (Å²) >= 11 is 18.5. The summed E-state index contributed by atoms with van der Waals surface area (Å²) in [7, 11) is 0. The lowest BCUT2D eigenvalue weighted by molar-refractivity contribution is -0.115. The highest BCUT2D eigenvalue weighted by atomic mass is 35.5. The van der Waals surface area contributed by atoms with Gasteiger partial charge in [-0.15, -0.1) is 11.3 Å². The molecule has 27 heavy (non-hydrogen) atoms. The Morgan fingerprint density at radius 2 is 2.04 bits per heavy atom. The number of carbonyl (C=O) groups is 2. The fourth-order valence-corrected chi connectivity index (χ4v) is 4.88. The van der Waals surface area contributed by atoms with Crippen molar-refractivity contribution in [3.05, 3.63) is 55.9 Å². The maximum atomic E-state index is 12.1. The van der Waals surface area contributed by atoms with E-state index in [0.717, 1.165) is 29.7 Å². The molecule has 1 aromatic carbocycles. The van der Waals surface area contributed by atoms with Crippen LogP contribution in [0.4, 0.5) is 5.00 Å². The van der Waals surface area contributed by atoms with Crippen molar-refractivity contribution in [3.8, 4) is 0 Å². The van der Waals surface area contributed by atoms with E-state index in [2.05, 4.69) is 10.6 Å². The molecule has 0 saturated carbocycles. The first-order valence-corrected chi connectivity index (χ1v) is 10.0. The molecule has 2 amide bonds. The number of thiocarbonyl (C=S) groups is 1. The summed E-state index contributed by atoms with van der Waals surface area (Å²) in [4.78, 5) is 25.0. The molecule has 1 aliphatic carbocycles. The van der Waals surface area contributed by atoms with E-state index in [4.69, 9.17) is 41.2 Å². The molecule has 140 valence electrons. The molecule has 3 rings (SSSR count). The Bertz CT molecular complexity index is 970. The van der Waals surface area contributed by atoms with Gasteiger partial charge in [-0.2, -0.15) is 0 Å². The molecule has 0 fully saturated rings. The summed E-state index contributed by atoms with van der Waals surface area (Å²) in [6, 6.07) is 4.98. The molecule has 2 aromatic rings. The quantitative estimate of drug-likeness (QED) is 0.492. The molecule has 1 aromatic heterocycles. The normalized spacial score (nSPS) is 12.8. The van der Waals surface area contributed by atoms with E-state index in [9.17, 15) is 9.59 Å². The van der Waals surface area contributed by atoms with Crippen molar-refractivity contribution >= 4 is 74.8 Å². The fraction of sp³-hybridized carbons (Fsp3) is 0.167. The molecule has 1 heterocycles. The molecule has 0 bridgehead atoms. The van der Waals surface area contributed by atoms with Crippen LogP contribution in [0.15, 0.2) is 24.3 Å². The Labute approximate surface area is 175 Å². The van der Waals surface area contributed by atoms with Gasteiger partial charge in [0, 0.05) is 21.0 Å². The third kappa shape index (κ3) is 4.68. The van der Waals surface area contributed by atoms with Gasteiger partial charge in [0.1, 0.15) is 5.00 Å². The molecule has 5 nitrogen and oxygen atoms in total. The molecule has 0 saturated heterocycles. The largest absolute Gasteiger partial charge is 0.365 e. The van der Waals surface area contributed by atoms with Gasteiger partial charge in [-0.1, -0.05) is 29.3 Å².